The molecule has 5 heteroatoms. The lowest BCUT2D eigenvalue weighted by atomic mass is 9.87. The molecular weight excluding hydrogens is 234 g/mol. The van der Waals surface area contributed by atoms with Gasteiger partial charge in [0.25, 0.3) is 5.69 Å². The molecule has 0 atom stereocenters. The lowest BCUT2D eigenvalue weighted by molar-refractivity contribution is -0.384. The van der Waals surface area contributed by atoms with Crippen molar-refractivity contribution < 1.29 is 14.4 Å². The molecule has 1 aliphatic heterocycles. The minimum Gasteiger partial charge on any atom is -0.347 e. The molecule has 1 heterocycles. The fraction of sp³-hybridized carbons (Fsp3) is 0.538. The van der Waals surface area contributed by atoms with E-state index in [1.165, 1.54) is 0 Å². The van der Waals surface area contributed by atoms with Crippen molar-refractivity contribution in [3.8, 4) is 0 Å². The van der Waals surface area contributed by atoms with Crippen molar-refractivity contribution in [2.24, 2.45) is 0 Å². The summed E-state index contributed by atoms with van der Waals surface area (Å²) in [6.45, 7) is 3.20. The molecule has 1 aromatic rings. The fourth-order valence-corrected chi connectivity index (χ4v) is 2.82. The van der Waals surface area contributed by atoms with Crippen LogP contribution in [0, 0.1) is 10.1 Å². The van der Waals surface area contributed by atoms with E-state index in [1.807, 2.05) is 19.1 Å². The molecule has 0 N–H and O–H groups in total. The molecule has 1 saturated carbocycles. The number of nitro groups is 1. The SMILES string of the molecule is CC1(C2(c3ccc([N+](=O)[O-])cc3)CC2)OCCO1. The summed E-state index contributed by atoms with van der Waals surface area (Å²) in [5.41, 5.74) is 1.06. The van der Waals surface area contributed by atoms with Crippen LogP contribution in [0.4, 0.5) is 5.69 Å². The molecule has 18 heavy (non-hydrogen) atoms. The predicted molar refractivity (Wildman–Crippen MR) is 64.3 cm³/mol. The third-order valence-corrected chi connectivity index (χ3v) is 4.09. The van der Waals surface area contributed by atoms with E-state index in [1.54, 1.807) is 12.1 Å². The molecule has 1 aromatic carbocycles. The van der Waals surface area contributed by atoms with Gasteiger partial charge in [-0.25, -0.2) is 0 Å². The summed E-state index contributed by atoms with van der Waals surface area (Å²) in [7, 11) is 0. The van der Waals surface area contributed by atoms with E-state index in [0.717, 1.165) is 18.4 Å². The Bertz CT molecular complexity index is 472. The van der Waals surface area contributed by atoms with Gasteiger partial charge in [0.15, 0.2) is 5.79 Å². The summed E-state index contributed by atoms with van der Waals surface area (Å²) in [4.78, 5) is 10.3. The average Bonchev–Trinajstić information content (AvgIpc) is 3.08. The molecule has 3 rings (SSSR count). The van der Waals surface area contributed by atoms with E-state index in [-0.39, 0.29) is 16.0 Å². The van der Waals surface area contributed by atoms with Crippen LogP contribution in [-0.2, 0) is 14.9 Å². The van der Waals surface area contributed by atoms with E-state index in [2.05, 4.69) is 0 Å². The highest BCUT2D eigenvalue weighted by Gasteiger charge is 2.61. The zero-order chi connectivity index (χ0) is 12.8. The minimum absolute atomic E-state index is 0.118. The van der Waals surface area contributed by atoms with Gasteiger partial charge in [-0.2, -0.15) is 0 Å². The molecule has 0 amide bonds. The van der Waals surface area contributed by atoms with Crippen molar-refractivity contribution in [3.63, 3.8) is 0 Å². The summed E-state index contributed by atoms with van der Waals surface area (Å²) in [6, 6.07) is 6.74. The van der Waals surface area contributed by atoms with E-state index >= 15 is 0 Å². The molecule has 96 valence electrons. The maximum absolute atomic E-state index is 10.7. The molecule has 0 bridgehead atoms. The number of hydrogen-bond acceptors (Lipinski definition) is 4. The molecule has 2 fully saturated rings. The van der Waals surface area contributed by atoms with Crippen molar-refractivity contribution in [1.82, 2.24) is 0 Å². The number of nitro benzene ring substituents is 1. The quantitative estimate of drug-likeness (QED) is 0.609. The zero-order valence-electron chi connectivity index (χ0n) is 10.2. The predicted octanol–water partition coefficient (Wildman–Crippen LogP) is 2.39. The van der Waals surface area contributed by atoms with E-state index in [4.69, 9.17) is 9.47 Å². The summed E-state index contributed by atoms with van der Waals surface area (Å²) in [5.74, 6) is -0.580. The molecule has 0 spiro atoms. The van der Waals surface area contributed by atoms with Crippen molar-refractivity contribution >= 4 is 5.69 Å². The first kappa shape index (κ1) is 11.6. The van der Waals surface area contributed by atoms with Crippen LogP contribution in [0.1, 0.15) is 25.3 Å². The van der Waals surface area contributed by atoms with Crippen molar-refractivity contribution in [1.29, 1.82) is 0 Å². The van der Waals surface area contributed by atoms with Gasteiger partial charge in [-0.15, -0.1) is 0 Å². The first-order valence-electron chi connectivity index (χ1n) is 6.10. The number of ether oxygens (including phenoxy) is 2. The topological polar surface area (TPSA) is 61.6 Å². The van der Waals surface area contributed by atoms with Crippen molar-refractivity contribution in [2.45, 2.75) is 31.0 Å². The third kappa shape index (κ3) is 1.54. The molecule has 0 radical (unpaired) electrons. The molecule has 5 nitrogen and oxygen atoms in total. The van der Waals surface area contributed by atoms with Gasteiger partial charge < -0.3 is 9.47 Å². The minimum atomic E-state index is -0.580. The maximum atomic E-state index is 10.7. The van der Waals surface area contributed by atoms with Crippen LogP contribution >= 0.6 is 0 Å². The Balaban J connectivity index is 1.92. The summed E-state index contributed by atoms with van der Waals surface area (Å²) in [6.07, 6.45) is 2.00. The number of non-ortho nitro benzene ring substituents is 1. The second-order valence-corrected chi connectivity index (χ2v) is 5.03. The molecular formula is C13H15NO4. The Morgan fingerprint density at radius 3 is 2.17 bits per heavy atom. The zero-order valence-corrected chi connectivity index (χ0v) is 10.2. The van der Waals surface area contributed by atoms with E-state index in [0.29, 0.717) is 13.2 Å². The summed E-state index contributed by atoms with van der Waals surface area (Å²) in [5, 5.41) is 10.7. The Morgan fingerprint density at radius 2 is 1.72 bits per heavy atom. The largest absolute Gasteiger partial charge is 0.347 e. The first-order valence-corrected chi connectivity index (χ1v) is 6.10. The molecule has 2 aliphatic rings. The van der Waals surface area contributed by atoms with Gasteiger partial charge in [0.05, 0.1) is 18.1 Å². The Kier molecular flexibility index (Phi) is 2.43. The molecule has 1 aliphatic carbocycles. The maximum Gasteiger partial charge on any atom is 0.269 e. The lowest BCUT2D eigenvalue weighted by Crippen LogP contribution is -2.40. The van der Waals surface area contributed by atoms with Gasteiger partial charge in [0, 0.05) is 17.5 Å². The molecule has 0 unspecified atom stereocenters. The Morgan fingerprint density at radius 1 is 1.17 bits per heavy atom. The van der Waals surface area contributed by atoms with Gasteiger partial charge in [-0.1, -0.05) is 12.1 Å². The molecule has 1 saturated heterocycles. The molecule has 0 aromatic heterocycles. The van der Waals surface area contributed by atoms with Crippen LogP contribution in [0.3, 0.4) is 0 Å². The standard InChI is InChI=1S/C13H15NO4/c1-12(17-8-9-18-12)13(6-7-13)10-2-4-11(5-3-10)14(15)16/h2-5H,6-9H2,1H3. The van der Waals surface area contributed by atoms with E-state index in [9.17, 15) is 10.1 Å². The van der Waals surface area contributed by atoms with E-state index < -0.39 is 5.79 Å². The Labute approximate surface area is 105 Å². The number of benzene rings is 1. The average molecular weight is 249 g/mol. The van der Waals surface area contributed by atoms with Gasteiger partial charge in [0.2, 0.25) is 0 Å². The lowest BCUT2D eigenvalue weighted by Gasteiger charge is -2.32. The van der Waals surface area contributed by atoms with Crippen LogP contribution in [0.25, 0.3) is 0 Å². The highest BCUT2D eigenvalue weighted by molar-refractivity contribution is 5.41. The van der Waals surface area contributed by atoms with Crippen molar-refractivity contribution in [3.05, 3.63) is 39.9 Å². The van der Waals surface area contributed by atoms with Crippen LogP contribution in [0.2, 0.25) is 0 Å². The highest BCUT2D eigenvalue weighted by atomic mass is 16.7. The van der Waals surface area contributed by atoms with Crippen LogP contribution in [0.5, 0.6) is 0 Å². The van der Waals surface area contributed by atoms with Crippen LogP contribution in [-0.4, -0.2) is 23.9 Å². The summed E-state index contributed by atoms with van der Waals surface area (Å²) >= 11 is 0. The van der Waals surface area contributed by atoms with Crippen molar-refractivity contribution in [2.75, 3.05) is 13.2 Å². The van der Waals surface area contributed by atoms with Gasteiger partial charge in [0.1, 0.15) is 0 Å². The monoisotopic (exact) mass is 249 g/mol. The first-order chi connectivity index (χ1) is 8.57. The number of hydrogen-bond donors (Lipinski definition) is 0. The smallest absolute Gasteiger partial charge is 0.269 e. The van der Waals surface area contributed by atoms with Gasteiger partial charge in [-0.3, -0.25) is 10.1 Å². The normalized spacial score (nSPS) is 23.8. The second kappa shape index (κ2) is 3.76. The Hall–Kier alpha value is -1.46. The van der Waals surface area contributed by atoms with Crippen LogP contribution < -0.4 is 0 Å². The van der Waals surface area contributed by atoms with Gasteiger partial charge in [-0.05, 0) is 25.3 Å². The summed E-state index contributed by atoms with van der Waals surface area (Å²) < 4.78 is 11.5. The number of rotatable bonds is 3. The second-order valence-electron chi connectivity index (χ2n) is 5.03. The number of nitrogens with zero attached hydrogens (tertiary/aromatic N) is 1. The third-order valence-electron chi connectivity index (χ3n) is 4.09. The fourth-order valence-electron chi connectivity index (χ4n) is 2.82. The van der Waals surface area contributed by atoms with Crippen LogP contribution in [0.15, 0.2) is 24.3 Å². The highest BCUT2D eigenvalue weighted by Crippen LogP contribution is 2.58. The van der Waals surface area contributed by atoms with Gasteiger partial charge >= 0.3 is 0 Å².